The standard InChI is InChI=1S/C26H24N2O3/c1-17(2)31-23-14-13-18-8-3-4-10-20(18)24(23)25-27-22-12-6-5-11-21(22)26(29)28(25)16-19-9-7-15-30-19/h3-15,17,25,27H,16H2,1-2H3. The second-order valence-corrected chi connectivity index (χ2v) is 7.97. The number of benzene rings is 3. The van der Waals surface area contributed by atoms with E-state index in [2.05, 4.69) is 23.5 Å². The molecule has 5 heteroatoms. The van der Waals surface area contributed by atoms with Crippen LogP contribution in [-0.4, -0.2) is 16.9 Å². The topological polar surface area (TPSA) is 54.7 Å². The number of furan rings is 1. The van der Waals surface area contributed by atoms with Gasteiger partial charge < -0.3 is 19.4 Å². The number of hydrogen-bond donors (Lipinski definition) is 1. The average Bonchev–Trinajstić information content (AvgIpc) is 3.29. The van der Waals surface area contributed by atoms with E-state index in [-0.39, 0.29) is 12.0 Å². The molecular formula is C26H24N2O3. The van der Waals surface area contributed by atoms with Gasteiger partial charge in [0.15, 0.2) is 0 Å². The Hall–Kier alpha value is -3.73. The first-order chi connectivity index (χ1) is 15.1. The highest BCUT2D eigenvalue weighted by atomic mass is 16.5. The van der Waals surface area contributed by atoms with Crippen molar-refractivity contribution in [3.8, 4) is 5.75 Å². The first-order valence-corrected chi connectivity index (χ1v) is 10.5. The van der Waals surface area contributed by atoms with E-state index < -0.39 is 6.17 Å². The number of ether oxygens (including phenoxy) is 1. The van der Waals surface area contributed by atoms with Crippen LogP contribution in [0.15, 0.2) is 83.5 Å². The van der Waals surface area contributed by atoms with Gasteiger partial charge >= 0.3 is 0 Å². The van der Waals surface area contributed by atoms with Crippen LogP contribution in [0.2, 0.25) is 0 Å². The van der Waals surface area contributed by atoms with Gasteiger partial charge in [-0.1, -0.05) is 42.5 Å². The summed E-state index contributed by atoms with van der Waals surface area (Å²) in [4.78, 5) is 15.4. The van der Waals surface area contributed by atoms with Crippen LogP contribution in [0.3, 0.4) is 0 Å². The van der Waals surface area contributed by atoms with Gasteiger partial charge in [-0.3, -0.25) is 4.79 Å². The maximum atomic E-state index is 13.6. The minimum absolute atomic E-state index is 0.00464. The largest absolute Gasteiger partial charge is 0.491 e. The lowest BCUT2D eigenvalue weighted by molar-refractivity contribution is 0.0649. The molecule has 2 heterocycles. The number of fused-ring (bicyclic) bond motifs is 2. The molecule has 0 saturated heterocycles. The van der Waals surface area contributed by atoms with Crippen LogP contribution in [0, 0.1) is 0 Å². The first-order valence-electron chi connectivity index (χ1n) is 10.5. The second kappa shape index (κ2) is 7.84. The highest BCUT2D eigenvalue weighted by molar-refractivity contribution is 6.02. The van der Waals surface area contributed by atoms with Crippen LogP contribution in [0.1, 0.15) is 41.7 Å². The molecule has 31 heavy (non-hydrogen) atoms. The smallest absolute Gasteiger partial charge is 0.258 e. The monoisotopic (exact) mass is 412 g/mol. The molecule has 0 fully saturated rings. The fraction of sp³-hybridized carbons (Fsp3) is 0.192. The van der Waals surface area contributed by atoms with Crippen molar-refractivity contribution in [2.75, 3.05) is 5.32 Å². The van der Waals surface area contributed by atoms with E-state index in [9.17, 15) is 4.79 Å². The minimum atomic E-state index is -0.410. The Kier molecular flexibility index (Phi) is 4.86. The Balaban J connectivity index is 1.71. The Morgan fingerprint density at radius 2 is 1.81 bits per heavy atom. The van der Waals surface area contributed by atoms with Crippen molar-refractivity contribution < 1.29 is 13.9 Å². The molecule has 3 aromatic carbocycles. The molecule has 5 rings (SSSR count). The molecule has 1 N–H and O–H groups in total. The molecule has 1 aliphatic heterocycles. The zero-order chi connectivity index (χ0) is 21.4. The number of anilines is 1. The summed E-state index contributed by atoms with van der Waals surface area (Å²) in [5.41, 5.74) is 2.41. The Morgan fingerprint density at radius 3 is 2.61 bits per heavy atom. The van der Waals surface area contributed by atoms with E-state index >= 15 is 0 Å². The van der Waals surface area contributed by atoms with E-state index in [1.165, 1.54) is 0 Å². The van der Waals surface area contributed by atoms with Crippen molar-refractivity contribution in [2.24, 2.45) is 0 Å². The number of carbonyl (C=O) groups excluding carboxylic acids is 1. The van der Waals surface area contributed by atoms with Crippen molar-refractivity contribution >= 4 is 22.4 Å². The van der Waals surface area contributed by atoms with Gasteiger partial charge in [-0.05, 0) is 55.0 Å². The highest BCUT2D eigenvalue weighted by Gasteiger charge is 2.36. The number of hydrogen-bond acceptors (Lipinski definition) is 4. The minimum Gasteiger partial charge on any atom is -0.491 e. The molecule has 0 spiro atoms. The summed E-state index contributed by atoms with van der Waals surface area (Å²) >= 11 is 0. The Morgan fingerprint density at radius 1 is 1.00 bits per heavy atom. The summed E-state index contributed by atoms with van der Waals surface area (Å²) in [6, 6.07) is 23.6. The quantitative estimate of drug-likeness (QED) is 0.438. The van der Waals surface area contributed by atoms with Gasteiger partial charge in [0, 0.05) is 11.3 Å². The van der Waals surface area contributed by atoms with Gasteiger partial charge in [-0.25, -0.2) is 0 Å². The fourth-order valence-electron chi connectivity index (χ4n) is 4.17. The van der Waals surface area contributed by atoms with Crippen molar-refractivity contribution in [1.29, 1.82) is 0 Å². The molecule has 0 bridgehead atoms. The summed E-state index contributed by atoms with van der Waals surface area (Å²) < 4.78 is 11.8. The van der Waals surface area contributed by atoms with Crippen LogP contribution in [-0.2, 0) is 6.54 Å². The van der Waals surface area contributed by atoms with E-state index in [4.69, 9.17) is 9.15 Å². The van der Waals surface area contributed by atoms with Crippen LogP contribution < -0.4 is 10.1 Å². The number of carbonyl (C=O) groups is 1. The van der Waals surface area contributed by atoms with E-state index in [1.807, 2.05) is 73.3 Å². The molecule has 156 valence electrons. The van der Waals surface area contributed by atoms with Gasteiger partial charge in [-0.2, -0.15) is 0 Å². The third-order valence-corrected chi connectivity index (χ3v) is 5.50. The molecule has 5 nitrogen and oxygen atoms in total. The summed E-state index contributed by atoms with van der Waals surface area (Å²) in [5, 5.41) is 5.74. The molecule has 1 unspecified atom stereocenters. The maximum absolute atomic E-state index is 13.6. The number of nitrogens with one attached hydrogen (secondary N) is 1. The molecule has 0 aliphatic carbocycles. The Bertz CT molecular complexity index is 1230. The van der Waals surface area contributed by atoms with Gasteiger partial charge in [0.25, 0.3) is 5.91 Å². The average molecular weight is 412 g/mol. The highest BCUT2D eigenvalue weighted by Crippen LogP contribution is 2.41. The SMILES string of the molecule is CC(C)Oc1ccc2ccccc2c1C1Nc2ccccc2C(=O)N1Cc1ccco1. The lowest BCUT2D eigenvalue weighted by Crippen LogP contribution is -2.42. The van der Waals surface area contributed by atoms with Gasteiger partial charge in [-0.15, -0.1) is 0 Å². The molecule has 1 amide bonds. The third kappa shape index (κ3) is 3.52. The van der Waals surface area contributed by atoms with E-state index in [1.54, 1.807) is 6.26 Å². The van der Waals surface area contributed by atoms with Crippen LogP contribution >= 0.6 is 0 Å². The number of para-hydroxylation sites is 1. The first kappa shape index (κ1) is 19.2. The van der Waals surface area contributed by atoms with Crippen LogP contribution in [0.4, 0.5) is 5.69 Å². The summed E-state index contributed by atoms with van der Waals surface area (Å²) in [6.45, 7) is 4.37. The van der Waals surface area contributed by atoms with Crippen molar-refractivity contribution in [3.05, 3.63) is 95.9 Å². The van der Waals surface area contributed by atoms with Gasteiger partial charge in [0.1, 0.15) is 17.7 Å². The molecule has 0 saturated carbocycles. The predicted octanol–water partition coefficient (Wildman–Crippen LogP) is 5.99. The second-order valence-electron chi connectivity index (χ2n) is 7.97. The molecular weight excluding hydrogens is 388 g/mol. The third-order valence-electron chi connectivity index (χ3n) is 5.50. The van der Waals surface area contributed by atoms with Gasteiger partial charge in [0.05, 0.1) is 24.5 Å². The zero-order valence-corrected chi connectivity index (χ0v) is 17.5. The fourth-order valence-corrected chi connectivity index (χ4v) is 4.17. The van der Waals surface area contributed by atoms with Crippen LogP contribution in [0.5, 0.6) is 5.75 Å². The zero-order valence-electron chi connectivity index (χ0n) is 17.5. The summed E-state index contributed by atoms with van der Waals surface area (Å²) in [7, 11) is 0. The number of amides is 1. The molecule has 4 aromatic rings. The summed E-state index contributed by atoms with van der Waals surface area (Å²) in [6.07, 6.45) is 1.23. The maximum Gasteiger partial charge on any atom is 0.258 e. The number of rotatable bonds is 5. The molecule has 1 aromatic heterocycles. The van der Waals surface area contributed by atoms with Gasteiger partial charge in [0.2, 0.25) is 0 Å². The summed E-state index contributed by atoms with van der Waals surface area (Å²) in [5.74, 6) is 1.45. The van der Waals surface area contributed by atoms with E-state index in [0.29, 0.717) is 12.1 Å². The van der Waals surface area contributed by atoms with Crippen molar-refractivity contribution in [2.45, 2.75) is 32.7 Å². The van der Waals surface area contributed by atoms with Crippen LogP contribution in [0.25, 0.3) is 10.8 Å². The normalized spacial score (nSPS) is 15.8. The lowest BCUT2D eigenvalue weighted by Gasteiger charge is -2.39. The number of nitrogens with zero attached hydrogens (tertiary/aromatic N) is 1. The molecule has 1 aliphatic rings. The van der Waals surface area contributed by atoms with Crippen molar-refractivity contribution in [3.63, 3.8) is 0 Å². The van der Waals surface area contributed by atoms with Crippen molar-refractivity contribution in [1.82, 2.24) is 4.90 Å². The Labute approximate surface area is 181 Å². The lowest BCUT2D eigenvalue weighted by atomic mass is 9.97. The predicted molar refractivity (Wildman–Crippen MR) is 121 cm³/mol. The van der Waals surface area contributed by atoms with E-state index in [0.717, 1.165) is 33.5 Å². The molecule has 1 atom stereocenters. The molecule has 0 radical (unpaired) electrons.